The highest BCUT2D eigenvalue weighted by molar-refractivity contribution is 5.94. The molecule has 3 aliphatic heterocycles. The first-order valence-corrected chi connectivity index (χ1v) is 9.02. The van der Waals surface area contributed by atoms with Gasteiger partial charge in [-0.2, -0.15) is 0 Å². The van der Waals surface area contributed by atoms with E-state index in [9.17, 15) is 4.79 Å². The molecule has 0 saturated carbocycles. The first-order chi connectivity index (χ1) is 11.3. The van der Waals surface area contributed by atoms with Crippen LogP contribution < -0.4 is 5.32 Å². The van der Waals surface area contributed by atoms with Crippen LogP contribution in [0.4, 0.5) is 0 Å². The summed E-state index contributed by atoms with van der Waals surface area (Å²) in [6.07, 6.45) is 7.14. The largest absolute Gasteiger partial charge is 0.381 e. The maximum absolute atomic E-state index is 12.4. The SMILES string of the molecule is O=C(NC1C[C@H]2CC[C@@H](C1)N2C1CCOCC1)c1ccccc1. The Balaban J connectivity index is 1.38. The Bertz CT molecular complexity index is 528. The lowest BCUT2D eigenvalue weighted by molar-refractivity contribution is -0.00461. The number of piperidine rings is 1. The quantitative estimate of drug-likeness (QED) is 0.932. The van der Waals surface area contributed by atoms with Gasteiger partial charge in [0.25, 0.3) is 5.91 Å². The van der Waals surface area contributed by atoms with Gasteiger partial charge in [-0.15, -0.1) is 0 Å². The monoisotopic (exact) mass is 314 g/mol. The van der Waals surface area contributed by atoms with Crippen LogP contribution in [0.3, 0.4) is 0 Å². The van der Waals surface area contributed by atoms with Crippen molar-refractivity contribution in [2.24, 2.45) is 0 Å². The highest BCUT2D eigenvalue weighted by atomic mass is 16.5. The average Bonchev–Trinajstić information content (AvgIpc) is 2.87. The minimum absolute atomic E-state index is 0.0783. The molecule has 1 aromatic carbocycles. The van der Waals surface area contributed by atoms with Crippen LogP contribution in [-0.4, -0.2) is 48.2 Å². The maximum Gasteiger partial charge on any atom is 0.251 e. The Hall–Kier alpha value is -1.39. The van der Waals surface area contributed by atoms with Gasteiger partial charge in [-0.1, -0.05) is 18.2 Å². The zero-order valence-corrected chi connectivity index (χ0v) is 13.6. The van der Waals surface area contributed by atoms with Gasteiger partial charge in [-0.25, -0.2) is 0 Å². The zero-order valence-electron chi connectivity index (χ0n) is 13.6. The second kappa shape index (κ2) is 6.62. The van der Waals surface area contributed by atoms with Crippen LogP contribution in [0.1, 0.15) is 48.9 Å². The first kappa shape index (κ1) is 15.2. The summed E-state index contributed by atoms with van der Waals surface area (Å²) in [5, 5.41) is 3.27. The van der Waals surface area contributed by atoms with Crippen LogP contribution in [0.25, 0.3) is 0 Å². The van der Waals surface area contributed by atoms with E-state index >= 15 is 0 Å². The summed E-state index contributed by atoms with van der Waals surface area (Å²) < 4.78 is 5.52. The van der Waals surface area contributed by atoms with Crippen molar-refractivity contribution in [2.45, 2.75) is 62.7 Å². The molecule has 0 radical (unpaired) electrons. The number of carbonyl (C=O) groups is 1. The highest BCUT2D eigenvalue weighted by Gasteiger charge is 2.44. The summed E-state index contributed by atoms with van der Waals surface area (Å²) in [6.45, 7) is 1.82. The summed E-state index contributed by atoms with van der Waals surface area (Å²) >= 11 is 0. The fourth-order valence-electron chi connectivity index (χ4n) is 4.77. The molecular weight excluding hydrogens is 288 g/mol. The number of ether oxygens (including phenoxy) is 1. The Morgan fingerprint density at radius 3 is 2.26 bits per heavy atom. The van der Waals surface area contributed by atoms with Gasteiger partial charge < -0.3 is 10.1 Å². The Morgan fingerprint density at radius 2 is 1.61 bits per heavy atom. The van der Waals surface area contributed by atoms with Crippen LogP contribution in [-0.2, 0) is 4.74 Å². The van der Waals surface area contributed by atoms with Crippen molar-refractivity contribution in [3.63, 3.8) is 0 Å². The molecule has 4 heteroatoms. The lowest BCUT2D eigenvalue weighted by Gasteiger charge is -2.45. The van der Waals surface area contributed by atoms with Crippen molar-refractivity contribution in [3.05, 3.63) is 35.9 Å². The third-order valence-corrected chi connectivity index (χ3v) is 5.77. The smallest absolute Gasteiger partial charge is 0.251 e. The van der Waals surface area contributed by atoms with Gasteiger partial charge in [0.05, 0.1) is 0 Å². The van der Waals surface area contributed by atoms with Gasteiger partial charge in [-0.05, 0) is 50.7 Å². The van der Waals surface area contributed by atoms with Gasteiger partial charge >= 0.3 is 0 Å². The number of hydrogen-bond acceptors (Lipinski definition) is 3. The maximum atomic E-state index is 12.4. The Kier molecular flexibility index (Phi) is 4.36. The number of rotatable bonds is 3. The van der Waals surface area contributed by atoms with Crippen LogP contribution in [0, 0.1) is 0 Å². The number of hydrogen-bond donors (Lipinski definition) is 1. The van der Waals surface area contributed by atoms with E-state index in [2.05, 4.69) is 10.2 Å². The van der Waals surface area contributed by atoms with E-state index in [4.69, 9.17) is 4.74 Å². The van der Waals surface area contributed by atoms with Crippen molar-refractivity contribution in [2.75, 3.05) is 13.2 Å². The molecule has 1 N–H and O–H groups in total. The average molecular weight is 314 g/mol. The van der Waals surface area contributed by atoms with Crippen molar-refractivity contribution in [3.8, 4) is 0 Å². The molecule has 3 heterocycles. The lowest BCUT2D eigenvalue weighted by atomic mass is 9.93. The normalized spacial score (nSPS) is 31.9. The molecular formula is C19H26N2O2. The molecule has 0 aliphatic carbocycles. The number of carbonyl (C=O) groups excluding carboxylic acids is 1. The predicted octanol–water partition coefficient (Wildman–Crippen LogP) is 2.59. The number of amides is 1. The standard InChI is InChI=1S/C19H26N2O2/c22-19(14-4-2-1-3-5-14)20-15-12-17-6-7-18(13-15)21(17)16-8-10-23-11-9-16/h1-5,15-18H,6-13H2,(H,20,22)/t15?,17-,18+. The van der Waals surface area contributed by atoms with Gasteiger partial charge in [0.1, 0.15) is 0 Å². The summed E-state index contributed by atoms with van der Waals surface area (Å²) in [7, 11) is 0. The van der Waals surface area contributed by atoms with Crippen molar-refractivity contribution in [1.29, 1.82) is 0 Å². The van der Waals surface area contributed by atoms with Crippen molar-refractivity contribution < 1.29 is 9.53 Å². The third kappa shape index (κ3) is 3.15. The third-order valence-electron chi connectivity index (χ3n) is 5.77. The van der Waals surface area contributed by atoms with E-state index in [1.165, 1.54) is 25.7 Å². The van der Waals surface area contributed by atoms with Gasteiger partial charge in [0.2, 0.25) is 0 Å². The minimum Gasteiger partial charge on any atom is -0.381 e. The van der Waals surface area contributed by atoms with Crippen LogP contribution in [0.5, 0.6) is 0 Å². The topological polar surface area (TPSA) is 41.6 Å². The molecule has 124 valence electrons. The molecule has 4 rings (SSSR count). The molecule has 3 atom stereocenters. The van der Waals surface area contributed by atoms with Crippen LogP contribution in [0.15, 0.2) is 30.3 Å². The molecule has 1 unspecified atom stereocenters. The lowest BCUT2D eigenvalue weighted by Crippen LogP contribution is -2.54. The fourth-order valence-corrected chi connectivity index (χ4v) is 4.77. The van der Waals surface area contributed by atoms with E-state index in [0.717, 1.165) is 31.6 Å². The number of benzene rings is 1. The molecule has 4 nitrogen and oxygen atoms in total. The fraction of sp³-hybridized carbons (Fsp3) is 0.632. The zero-order chi connectivity index (χ0) is 15.6. The summed E-state index contributed by atoms with van der Waals surface area (Å²) in [6, 6.07) is 11.9. The van der Waals surface area contributed by atoms with Gasteiger partial charge in [-0.3, -0.25) is 9.69 Å². The van der Waals surface area contributed by atoms with Crippen molar-refractivity contribution in [1.82, 2.24) is 10.2 Å². The molecule has 23 heavy (non-hydrogen) atoms. The Morgan fingerprint density at radius 1 is 0.957 bits per heavy atom. The number of fused-ring (bicyclic) bond motifs is 2. The van der Waals surface area contributed by atoms with E-state index in [1.54, 1.807) is 0 Å². The molecule has 3 saturated heterocycles. The molecule has 2 bridgehead atoms. The predicted molar refractivity (Wildman–Crippen MR) is 89.4 cm³/mol. The van der Waals surface area contributed by atoms with Crippen molar-refractivity contribution >= 4 is 5.91 Å². The molecule has 1 aromatic rings. The Labute approximate surface area is 138 Å². The molecule has 1 amide bonds. The van der Waals surface area contributed by atoms with E-state index in [0.29, 0.717) is 24.2 Å². The van der Waals surface area contributed by atoms with Gasteiger partial charge in [0, 0.05) is 42.9 Å². The molecule has 3 aliphatic rings. The number of nitrogens with zero attached hydrogens (tertiary/aromatic N) is 1. The first-order valence-electron chi connectivity index (χ1n) is 9.02. The second-order valence-corrected chi connectivity index (χ2v) is 7.18. The highest BCUT2D eigenvalue weighted by Crippen LogP contribution is 2.39. The molecule has 0 aromatic heterocycles. The molecule has 3 fully saturated rings. The summed E-state index contributed by atoms with van der Waals surface area (Å²) in [5.74, 6) is 0.0783. The number of nitrogens with one attached hydrogen (secondary N) is 1. The summed E-state index contributed by atoms with van der Waals surface area (Å²) in [5.41, 5.74) is 0.770. The van der Waals surface area contributed by atoms with E-state index in [1.807, 2.05) is 30.3 Å². The van der Waals surface area contributed by atoms with Gasteiger partial charge in [0.15, 0.2) is 0 Å². The summed E-state index contributed by atoms with van der Waals surface area (Å²) in [4.78, 5) is 15.2. The minimum atomic E-state index is 0.0783. The van der Waals surface area contributed by atoms with E-state index in [-0.39, 0.29) is 5.91 Å². The van der Waals surface area contributed by atoms with Crippen LogP contribution in [0.2, 0.25) is 0 Å². The molecule has 0 spiro atoms. The second-order valence-electron chi connectivity index (χ2n) is 7.18. The van der Waals surface area contributed by atoms with E-state index < -0.39 is 0 Å². The van der Waals surface area contributed by atoms with Crippen LogP contribution >= 0.6 is 0 Å².